The first-order valence-corrected chi connectivity index (χ1v) is 6.89. The van der Waals surface area contributed by atoms with E-state index in [1.807, 2.05) is 24.3 Å². The second-order valence-electron chi connectivity index (χ2n) is 6.39. The number of hydrogen-bond acceptors (Lipinski definition) is 3. The van der Waals surface area contributed by atoms with E-state index in [1.54, 1.807) is 0 Å². The standard InChI is InChI=1S/C16H24O3/c1-15(2)11-14(16(3,4)19-15)18-13-7-5-12(6-8-13)9-10-17/h5-8,14,17H,9-11H2,1-4H3. The van der Waals surface area contributed by atoms with Crippen molar-refractivity contribution in [2.45, 2.75) is 57.8 Å². The van der Waals surface area contributed by atoms with Crippen LogP contribution < -0.4 is 4.74 Å². The fourth-order valence-electron chi connectivity index (χ4n) is 2.72. The van der Waals surface area contributed by atoms with Crippen LogP contribution in [-0.4, -0.2) is 29.0 Å². The maximum Gasteiger partial charge on any atom is 0.130 e. The number of hydrogen-bond donors (Lipinski definition) is 1. The first-order valence-electron chi connectivity index (χ1n) is 6.89. The lowest BCUT2D eigenvalue weighted by molar-refractivity contribution is -0.0846. The molecule has 3 heteroatoms. The third kappa shape index (κ3) is 3.48. The lowest BCUT2D eigenvalue weighted by Gasteiger charge is -2.27. The molecule has 2 rings (SSSR count). The molecule has 1 unspecified atom stereocenters. The van der Waals surface area contributed by atoms with Crippen LogP contribution in [-0.2, 0) is 11.2 Å². The fraction of sp³-hybridized carbons (Fsp3) is 0.625. The van der Waals surface area contributed by atoms with E-state index in [9.17, 15) is 0 Å². The van der Waals surface area contributed by atoms with Crippen LogP contribution in [0.25, 0.3) is 0 Å². The van der Waals surface area contributed by atoms with E-state index in [-0.39, 0.29) is 23.9 Å². The molecule has 0 aliphatic carbocycles. The maximum atomic E-state index is 8.90. The van der Waals surface area contributed by atoms with E-state index < -0.39 is 0 Å². The molecule has 0 amide bonds. The Kier molecular flexibility index (Phi) is 3.88. The van der Waals surface area contributed by atoms with E-state index in [2.05, 4.69) is 27.7 Å². The third-order valence-corrected chi connectivity index (χ3v) is 3.59. The van der Waals surface area contributed by atoms with Gasteiger partial charge in [0.1, 0.15) is 17.5 Å². The Balaban J connectivity index is 2.05. The fourth-order valence-corrected chi connectivity index (χ4v) is 2.72. The van der Waals surface area contributed by atoms with Gasteiger partial charge in [-0.1, -0.05) is 12.1 Å². The molecule has 106 valence electrons. The zero-order valence-electron chi connectivity index (χ0n) is 12.3. The normalized spacial score (nSPS) is 24.4. The van der Waals surface area contributed by atoms with Crippen LogP contribution in [0, 0.1) is 0 Å². The summed E-state index contributed by atoms with van der Waals surface area (Å²) in [6.07, 6.45) is 1.63. The van der Waals surface area contributed by atoms with Gasteiger partial charge in [0, 0.05) is 13.0 Å². The molecule has 1 aromatic rings. The van der Waals surface area contributed by atoms with Gasteiger partial charge < -0.3 is 14.6 Å². The largest absolute Gasteiger partial charge is 0.487 e. The van der Waals surface area contributed by atoms with Gasteiger partial charge in [0.2, 0.25) is 0 Å². The molecule has 1 heterocycles. The number of rotatable bonds is 4. The van der Waals surface area contributed by atoms with Gasteiger partial charge in [-0.05, 0) is 51.8 Å². The Morgan fingerprint density at radius 1 is 1.21 bits per heavy atom. The summed E-state index contributed by atoms with van der Waals surface area (Å²) in [5.41, 5.74) is 0.718. The molecule has 0 bridgehead atoms. The molecule has 0 saturated carbocycles. The van der Waals surface area contributed by atoms with Gasteiger partial charge in [-0.2, -0.15) is 0 Å². The Morgan fingerprint density at radius 3 is 2.32 bits per heavy atom. The second-order valence-corrected chi connectivity index (χ2v) is 6.39. The monoisotopic (exact) mass is 264 g/mol. The van der Waals surface area contributed by atoms with Crippen molar-refractivity contribution in [1.29, 1.82) is 0 Å². The van der Waals surface area contributed by atoms with E-state index >= 15 is 0 Å². The van der Waals surface area contributed by atoms with Crippen molar-refractivity contribution in [3.8, 4) is 5.75 Å². The highest BCUT2D eigenvalue weighted by molar-refractivity contribution is 5.28. The average Bonchev–Trinajstić information content (AvgIpc) is 2.50. The Hall–Kier alpha value is -1.06. The molecule has 1 fully saturated rings. The predicted octanol–water partition coefficient (Wildman–Crippen LogP) is 2.95. The van der Waals surface area contributed by atoms with Crippen LogP contribution in [0.15, 0.2) is 24.3 Å². The second kappa shape index (κ2) is 5.14. The molecule has 0 radical (unpaired) electrons. The first-order chi connectivity index (χ1) is 8.82. The van der Waals surface area contributed by atoms with Gasteiger partial charge in [-0.25, -0.2) is 0 Å². The number of ether oxygens (including phenoxy) is 2. The molecule has 19 heavy (non-hydrogen) atoms. The van der Waals surface area contributed by atoms with Crippen molar-refractivity contribution in [2.24, 2.45) is 0 Å². The SMILES string of the molecule is CC1(C)CC(Oc2ccc(CCO)cc2)C(C)(C)O1. The molecular weight excluding hydrogens is 240 g/mol. The minimum atomic E-state index is -0.271. The molecule has 0 spiro atoms. The van der Waals surface area contributed by atoms with Crippen LogP contribution in [0.1, 0.15) is 39.7 Å². The summed E-state index contributed by atoms with van der Waals surface area (Å²) < 4.78 is 12.1. The van der Waals surface area contributed by atoms with Crippen molar-refractivity contribution in [2.75, 3.05) is 6.61 Å². The topological polar surface area (TPSA) is 38.7 Å². The van der Waals surface area contributed by atoms with E-state index in [0.717, 1.165) is 17.7 Å². The summed E-state index contributed by atoms with van der Waals surface area (Å²) in [5.74, 6) is 0.862. The van der Waals surface area contributed by atoms with E-state index in [1.165, 1.54) is 0 Å². The highest BCUT2D eigenvalue weighted by Gasteiger charge is 2.47. The Morgan fingerprint density at radius 2 is 1.84 bits per heavy atom. The zero-order chi connectivity index (χ0) is 14.1. The predicted molar refractivity (Wildman–Crippen MR) is 75.5 cm³/mol. The molecule has 1 saturated heterocycles. The summed E-state index contributed by atoms with van der Waals surface area (Å²) in [5, 5.41) is 8.90. The summed E-state index contributed by atoms with van der Waals surface area (Å²) in [4.78, 5) is 0. The molecule has 1 aliphatic heterocycles. The van der Waals surface area contributed by atoms with Gasteiger partial charge in [0.15, 0.2) is 0 Å². The van der Waals surface area contributed by atoms with Gasteiger partial charge in [0.05, 0.1) is 5.60 Å². The van der Waals surface area contributed by atoms with Crippen molar-refractivity contribution in [3.63, 3.8) is 0 Å². The summed E-state index contributed by atoms with van der Waals surface area (Å²) in [7, 11) is 0. The van der Waals surface area contributed by atoms with Crippen molar-refractivity contribution in [3.05, 3.63) is 29.8 Å². The Labute approximate surface area is 115 Å². The molecular formula is C16H24O3. The quantitative estimate of drug-likeness (QED) is 0.908. The lowest BCUT2D eigenvalue weighted by Crippen LogP contribution is -2.36. The summed E-state index contributed by atoms with van der Waals surface area (Å²) in [6, 6.07) is 7.93. The minimum absolute atomic E-state index is 0.0613. The molecule has 1 N–H and O–H groups in total. The Bertz CT molecular complexity index is 420. The number of aliphatic hydroxyl groups is 1. The van der Waals surface area contributed by atoms with Gasteiger partial charge >= 0.3 is 0 Å². The summed E-state index contributed by atoms with van der Waals surface area (Å²) >= 11 is 0. The third-order valence-electron chi connectivity index (χ3n) is 3.59. The summed E-state index contributed by atoms with van der Waals surface area (Å²) in [6.45, 7) is 8.53. The lowest BCUT2D eigenvalue weighted by atomic mass is 9.97. The molecule has 3 nitrogen and oxygen atoms in total. The molecule has 1 atom stereocenters. The highest BCUT2D eigenvalue weighted by atomic mass is 16.6. The van der Waals surface area contributed by atoms with E-state index in [4.69, 9.17) is 14.6 Å². The zero-order valence-corrected chi connectivity index (χ0v) is 12.3. The van der Waals surface area contributed by atoms with Crippen LogP contribution in [0.4, 0.5) is 0 Å². The van der Waals surface area contributed by atoms with Gasteiger partial charge in [0.25, 0.3) is 0 Å². The van der Waals surface area contributed by atoms with E-state index in [0.29, 0.717) is 6.42 Å². The maximum absolute atomic E-state index is 8.90. The molecule has 0 aromatic heterocycles. The minimum Gasteiger partial charge on any atom is -0.487 e. The highest BCUT2D eigenvalue weighted by Crippen LogP contribution is 2.39. The first kappa shape index (κ1) is 14.4. The average molecular weight is 264 g/mol. The smallest absolute Gasteiger partial charge is 0.130 e. The van der Waals surface area contributed by atoms with Crippen molar-refractivity contribution < 1.29 is 14.6 Å². The van der Waals surface area contributed by atoms with Gasteiger partial charge in [-0.15, -0.1) is 0 Å². The molecule has 1 aliphatic rings. The number of benzene rings is 1. The number of aliphatic hydroxyl groups excluding tert-OH is 1. The van der Waals surface area contributed by atoms with Crippen molar-refractivity contribution in [1.82, 2.24) is 0 Å². The van der Waals surface area contributed by atoms with Gasteiger partial charge in [-0.3, -0.25) is 0 Å². The van der Waals surface area contributed by atoms with Crippen LogP contribution in [0.5, 0.6) is 5.75 Å². The van der Waals surface area contributed by atoms with Crippen LogP contribution in [0.3, 0.4) is 0 Å². The molecule has 1 aromatic carbocycles. The van der Waals surface area contributed by atoms with Crippen LogP contribution in [0.2, 0.25) is 0 Å². The van der Waals surface area contributed by atoms with Crippen LogP contribution >= 0.6 is 0 Å². The van der Waals surface area contributed by atoms with Crippen molar-refractivity contribution >= 4 is 0 Å².